The van der Waals surface area contributed by atoms with Gasteiger partial charge >= 0.3 is 5.97 Å². The molecular weight excluding hydrogens is 322 g/mol. The van der Waals surface area contributed by atoms with Gasteiger partial charge in [0.15, 0.2) is 6.29 Å². The van der Waals surface area contributed by atoms with Crippen LogP contribution in [0.4, 0.5) is 8.78 Å². The Morgan fingerprint density at radius 2 is 1.92 bits per heavy atom. The summed E-state index contributed by atoms with van der Waals surface area (Å²) in [5, 5.41) is 12.5. The number of nitrogens with zero attached hydrogens (tertiary/aromatic N) is 2. The number of halogens is 2. The van der Waals surface area contributed by atoms with E-state index in [4.69, 9.17) is 11.6 Å². The molecule has 9 heteroatoms. The Hall–Kier alpha value is -3.20. The summed E-state index contributed by atoms with van der Waals surface area (Å²) in [5.41, 5.74) is 2.51. The van der Waals surface area contributed by atoms with Crippen LogP contribution in [-0.4, -0.2) is 28.1 Å². The van der Waals surface area contributed by atoms with Gasteiger partial charge in [0.1, 0.15) is 22.9 Å². The van der Waals surface area contributed by atoms with Gasteiger partial charge in [-0.05, 0) is 29.8 Å². The molecule has 1 heterocycles. The van der Waals surface area contributed by atoms with Crippen LogP contribution in [0.15, 0.2) is 41.6 Å². The maximum absolute atomic E-state index is 13.6. The number of aromatic carboxylic acids is 1. The molecule has 0 aliphatic carbocycles. The molecule has 5 N–H and O–H groups in total. The molecule has 124 valence electrons. The van der Waals surface area contributed by atoms with Gasteiger partial charge in [0.2, 0.25) is 0 Å². The van der Waals surface area contributed by atoms with Crippen molar-refractivity contribution in [2.24, 2.45) is 16.7 Å². The SMILES string of the molecule is NN=C(C=O)C(N)(c1cc(F)cc(F)c1)c1ncccc1C(=O)O. The molecule has 1 aromatic carbocycles. The average molecular weight is 334 g/mol. The number of hydrogen-bond acceptors (Lipinski definition) is 6. The summed E-state index contributed by atoms with van der Waals surface area (Å²) in [4.78, 5) is 26.6. The lowest BCUT2D eigenvalue weighted by atomic mass is 9.81. The first-order valence-corrected chi connectivity index (χ1v) is 6.52. The molecule has 24 heavy (non-hydrogen) atoms. The van der Waals surface area contributed by atoms with Gasteiger partial charge in [-0.2, -0.15) is 5.10 Å². The lowest BCUT2D eigenvalue weighted by Gasteiger charge is -2.29. The summed E-state index contributed by atoms with van der Waals surface area (Å²) < 4.78 is 27.2. The Morgan fingerprint density at radius 1 is 1.29 bits per heavy atom. The number of benzene rings is 1. The van der Waals surface area contributed by atoms with Crippen molar-refractivity contribution in [1.82, 2.24) is 4.98 Å². The third-order valence-corrected chi connectivity index (χ3v) is 3.38. The van der Waals surface area contributed by atoms with Crippen molar-refractivity contribution in [3.8, 4) is 0 Å². The van der Waals surface area contributed by atoms with E-state index in [0.29, 0.717) is 6.07 Å². The van der Waals surface area contributed by atoms with Crippen molar-refractivity contribution in [3.63, 3.8) is 0 Å². The minimum Gasteiger partial charge on any atom is -0.478 e. The average Bonchev–Trinajstić information content (AvgIpc) is 2.54. The molecule has 0 spiro atoms. The van der Waals surface area contributed by atoms with E-state index in [2.05, 4.69) is 10.1 Å². The van der Waals surface area contributed by atoms with E-state index in [0.717, 1.165) is 12.1 Å². The molecule has 0 amide bonds. The van der Waals surface area contributed by atoms with Gasteiger partial charge in [0, 0.05) is 12.3 Å². The second kappa shape index (κ2) is 6.50. The lowest BCUT2D eigenvalue weighted by molar-refractivity contribution is -0.103. The van der Waals surface area contributed by atoms with E-state index in [9.17, 15) is 23.5 Å². The predicted octanol–water partition coefficient (Wildman–Crippen LogP) is 0.774. The minimum atomic E-state index is -2.16. The zero-order chi connectivity index (χ0) is 17.9. The summed E-state index contributed by atoms with van der Waals surface area (Å²) in [7, 11) is 0. The van der Waals surface area contributed by atoms with Gasteiger partial charge in [0.25, 0.3) is 0 Å². The Labute approximate surface area is 134 Å². The second-order valence-electron chi connectivity index (χ2n) is 4.80. The van der Waals surface area contributed by atoms with Gasteiger partial charge in [-0.15, -0.1) is 0 Å². The van der Waals surface area contributed by atoms with Crippen molar-refractivity contribution >= 4 is 18.0 Å². The molecule has 0 fully saturated rings. The molecule has 0 saturated carbocycles. The number of nitrogens with two attached hydrogens (primary N) is 2. The third-order valence-electron chi connectivity index (χ3n) is 3.38. The van der Waals surface area contributed by atoms with Gasteiger partial charge in [-0.25, -0.2) is 13.6 Å². The van der Waals surface area contributed by atoms with Gasteiger partial charge in [-0.1, -0.05) is 0 Å². The number of pyridine rings is 1. The van der Waals surface area contributed by atoms with Crippen LogP contribution in [0.25, 0.3) is 0 Å². The van der Waals surface area contributed by atoms with Crippen LogP contribution in [0.2, 0.25) is 0 Å². The molecule has 0 saturated heterocycles. The fourth-order valence-corrected chi connectivity index (χ4v) is 2.30. The van der Waals surface area contributed by atoms with Crippen LogP contribution in [0, 0.1) is 11.6 Å². The maximum atomic E-state index is 13.6. The zero-order valence-corrected chi connectivity index (χ0v) is 12.1. The van der Waals surface area contributed by atoms with E-state index in [1.165, 1.54) is 18.3 Å². The maximum Gasteiger partial charge on any atom is 0.337 e. The largest absolute Gasteiger partial charge is 0.478 e. The van der Waals surface area contributed by atoms with Crippen molar-refractivity contribution in [3.05, 3.63) is 65.0 Å². The van der Waals surface area contributed by atoms with Crippen molar-refractivity contribution < 1.29 is 23.5 Å². The fraction of sp³-hybridized carbons (Fsp3) is 0.0667. The summed E-state index contributed by atoms with van der Waals surface area (Å²) in [5.74, 6) is 1.81. The molecule has 1 unspecified atom stereocenters. The van der Waals surface area contributed by atoms with Crippen molar-refractivity contribution in [1.29, 1.82) is 0 Å². The summed E-state index contributed by atoms with van der Waals surface area (Å²) in [6.07, 6.45) is 1.39. The van der Waals surface area contributed by atoms with Crippen LogP contribution in [0.5, 0.6) is 0 Å². The quantitative estimate of drug-likeness (QED) is 0.320. The predicted molar refractivity (Wildman–Crippen MR) is 80.2 cm³/mol. The zero-order valence-electron chi connectivity index (χ0n) is 12.1. The van der Waals surface area contributed by atoms with E-state index < -0.39 is 28.9 Å². The van der Waals surface area contributed by atoms with Gasteiger partial charge in [-0.3, -0.25) is 9.78 Å². The van der Waals surface area contributed by atoms with Crippen molar-refractivity contribution in [2.45, 2.75) is 5.54 Å². The number of carbonyl (C=O) groups is 2. The number of hydrogen-bond donors (Lipinski definition) is 3. The normalized spacial score (nSPS) is 14.0. The number of carbonyl (C=O) groups excluding carboxylic acids is 1. The van der Waals surface area contributed by atoms with Gasteiger partial charge < -0.3 is 16.7 Å². The smallest absolute Gasteiger partial charge is 0.337 e. The molecule has 0 aliphatic heterocycles. The van der Waals surface area contributed by atoms with Crippen molar-refractivity contribution in [2.75, 3.05) is 0 Å². The summed E-state index contributed by atoms with van der Waals surface area (Å²) in [6.45, 7) is 0. The van der Waals surface area contributed by atoms with E-state index in [1.807, 2.05) is 0 Å². The highest BCUT2D eigenvalue weighted by atomic mass is 19.1. The first kappa shape index (κ1) is 17.2. The molecule has 1 atom stereocenters. The van der Waals surface area contributed by atoms with Gasteiger partial charge in [0.05, 0.1) is 11.3 Å². The monoisotopic (exact) mass is 334 g/mol. The molecule has 2 rings (SSSR count). The second-order valence-corrected chi connectivity index (χ2v) is 4.80. The van der Waals surface area contributed by atoms with E-state index >= 15 is 0 Å². The third kappa shape index (κ3) is 2.84. The number of rotatable bonds is 5. The summed E-state index contributed by atoms with van der Waals surface area (Å²) >= 11 is 0. The standard InChI is InChI=1S/C15H12F2N4O3/c16-9-4-8(5-10(17)6-9)15(18,12(7-22)21-19)13-11(14(23)24)2-1-3-20-13/h1-7H,18-19H2,(H,23,24). The van der Waals surface area contributed by atoms with Crippen LogP contribution in [0.1, 0.15) is 21.6 Å². The van der Waals surface area contributed by atoms with Crippen LogP contribution < -0.4 is 11.6 Å². The molecule has 2 aromatic rings. The number of aldehydes is 1. The molecule has 0 radical (unpaired) electrons. The Morgan fingerprint density at radius 3 is 2.42 bits per heavy atom. The molecule has 7 nitrogen and oxygen atoms in total. The van der Waals surface area contributed by atoms with Crippen LogP contribution in [-0.2, 0) is 10.3 Å². The van der Waals surface area contributed by atoms with Crippen LogP contribution >= 0.6 is 0 Å². The number of carboxylic acids is 1. The Kier molecular flexibility index (Phi) is 4.65. The summed E-state index contributed by atoms with van der Waals surface area (Å²) in [6, 6.07) is 4.80. The first-order valence-electron chi connectivity index (χ1n) is 6.52. The molecular formula is C15H12F2N4O3. The molecule has 1 aromatic heterocycles. The molecule has 0 bridgehead atoms. The highest BCUT2D eigenvalue weighted by Crippen LogP contribution is 2.30. The topological polar surface area (TPSA) is 132 Å². The number of aromatic nitrogens is 1. The number of carboxylic acid groups (broad SMARTS) is 1. The minimum absolute atomic E-state index is 0.170. The highest BCUT2D eigenvalue weighted by molar-refractivity contribution is 6.33. The Bertz CT molecular complexity index is 821. The van der Waals surface area contributed by atoms with E-state index in [-0.39, 0.29) is 23.1 Å². The number of hydrazone groups is 1. The molecule has 0 aliphatic rings. The lowest BCUT2D eigenvalue weighted by Crippen LogP contribution is -2.49. The first-order chi connectivity index (χ1) is 11.3. The fourth-order valence-electron chi connectivity index (χ4n) is 2.30. The Balaban J connectivity index is 2.89. The van der Waals surface area contributed by atoms with Crippen LogP contribution in [0.3, 0.4) is 0 Å². The van der Waals surface area contributed by atoms with E-state index in [1.54, 1.807) is 0 Å². The highest BCUT2D eigenvalue weighted by Gasteiger charge is 2.41.